The first-order valence-electron chi connectivity index (χ1n) is 10.7. The third-order valence-corrected chi connectivity index (χ3v) is 5.69. The van der Waals surface area contributed by atoms with E-state index in [9.17, 15) is 9.90 Å². The first-order chi connectivity index (χ1) is 16.4. The van der Waals surface area contributed by atoms with Crippen LogP contribution in [0.15, 0.2) is 61.1 Å². The van der Waals surface area contributed by atoms with Gasteiger partial charge in [0.15, 0.2) is 11.6 Å². The predicted molar refractivity (Wildman–Crippen MR) is 128 cm³/mol. The molecule has 34 heavy (non-hydrogen) atoms. The average molecular weight is 457 g/mol. The number of anilines is 1. The summed E-state index contributed by atoms with van der Waals surface area (Å²) in [5, 5.41) is 19.8. The summed E-state index contributed by atoms with van der Waals surface area (Å²) in [5.41, 5.74) is 15.2. The molecule has 0 aliphatic heterocycles. The van der Waals surface area contributed by atoms with E-state index in [4.69, 9.17) is 16.2 Å². The molecule has 3 heterocycles. The monoisotopic (exact) mass is 457 g/mol. The summed E-state index contributed by atoms with van der Waals surface area (Å²) in [6.07, 6.45) is 4.87. The van der Waals surface area contributed by atoms with Crippen molar-refractivity contribution in [3.05, 3.63) is 72.2 Å². The van der Waals surface area contributed by atoms with Crippen molar-refractivity contribution in [2.75, 3.05) is 12.3 Å². The number of pyridine rings is 1. The number of nitrogens with zero attached hydrogens (tertiary/aromatic N) is 5. The van der Waals surface area contributed by atoms with E-state index in [-0.39, 0.29) is 12.4 Å². The van der Waals surface area contributed by atoms with Gasteiger partial charge in [-0.3, -0.25) is 9.48 Å². The number of aromatic nitrogens is 5. The van der Waals surface area contributed by atoms with E-state index in [0.29, 0.717) is 28.8 Å². The molecular formula is C24H23N7O3. The van der Waals surface area contributed by atoms with Crippen LogP contribution in [0, 0.1) is 0 Å². The Labute approximate surface area is 194 Å². The minimum Gasteiger partial charge on any atom is -0.482 e. The SMILES string of the molecule is C[C@H](Oc1cc2cc(C(N)=O)ccc2nc1N)c1cc2c(cnn2CCO)cc1-n1cccn1. The van der Waals surface area contributed by atoms with Gasteiger partial charge in [-0.25, -0.2) is 9.67 Å². The average Bonchev–Trinajstić information content (AvgIpc) is 3.49. The molecule has 0 aliphatic carbocycles. The largest absolute Gasteiger partial charge is 0.482 e. The molecule has 0 saturated heterocycles. The van der Waals surface area contributed by atoms with Gasteiger partial charge in [0, 0.05) is 34.3 Å². The van der Waals surface area contributed by atoms with E-state index in [2.05, 4.69) is 15.2 Å². The Kier molecular flexibility index (Phi) is 5.34. The summed E-state index contributed by atoms with van der Waals surface area (Å²) in [4.78, 5) is 16.0. The van der Waals surface area contributed by atoms with Crippen molar-refractivity contribution < 1.29 is 14.6 Å². The lowest BCUT2D eigenvalue weighted by molar-refractivity contribution is 0.100. The molecule has 1 amide bonds. The molecule has 5 aromatic rings. The van der Waals surface area contributed by atoms with Crippen LogP contribution in [-0.2, 0) is 6.54 Å². The smallest absolute Gasteiger partial charge is 0.248 e. The first-order valence-corrected chi connectivity index (χ1v) is 10.7. The van der Waals surface area contributed by atoms with Crippen molar-refractivity contribution >= 4 is 33.5 Å². The summed E-state index contributed by atoms with van der Waals surface area (Å²) >= 11 is 0. The fourth-order valence-corrected chi connectivity index (χ4v) is 4.01. The lowest BCUT2D eigenvalue weighted by Gasteiger charge is -2.20. The number of fused-ring (bicyclic) bond motifs is 2. The van der Waals surface area contributed by atoms with Crippen molar-refractivity contribution in [2.45, 2.75) is 19.6 Å². The quantitative estimate of drug-likeness (QED) is 0.340. The molecule has 0 bridgehead atoms. The number of nitrogens with two attached hydrogens (primary N) is 2. The van der Waals surface area contributed by atoms with Crippen LogP contribution >= 0.6 is 0 Å². The summed E-state index contributed by atoms with van der Waals surface area (Å²) in [6.45, 7) is 2.26. The van der Waals surface area contributed by atoms with Crippen LogP contribution in [0.3, 0.4) is 0 Å². The Hall–Kier alpha value is -4.44. The highest BCUT2D eigenvalue weighted by Crippen LogP contribution is 2.33. The molecule has 5 rings (SSSR count). The molecule has 1 atom stereocenters. The van der Waals surface area contributed by atoms with Crippen molar-refractivity contribution in [3.63, 3.8) is 0 Å². The number of hydrogen-bond acceptors (Lipinski definition) is 7. The zero-order valence-corrected chi connectivity index (χ0v) is 18.4. The number of rotatable bonds is 7. The van der Waals surface area contributed by atoms with Crippen molar-refractivity contribution in [3.8, 4) is 11.4 Å². The summed E-state index contributed by atoms with van der Waals surface area (Å²) in [7, 11) is 0. The number of hydrogen-bond donors (Lipinski definition) is 3. The number of primary amides is 1. The Morgan fingerprint density at radius 3 is 2.76 bits per heavy atom. The number of carbonyl (C=O) groups is 1. The molecule has 10 heteroatoms. The lowest BCUT2D eigenvalue weighted by Crippen LogP contribution is -2.12. The second-order valence-electron chi connectivity index (χ2n) is 7.92. The molecule has 10 nitrogen and oxygen atoms in total. The molecule has 0 unspecified atom stereocenters. The van der Waals surface area contributed by atoms with Crippen molar-refractivity contribution in [2.24, 2.45) is 5.73 Å². The highest BCUT2D eigenvalue weighted by Gasteiger charge is 2.19. The standard InChI is InChI=1S/C24H23N7O3/c1-14(34-22-11-16-9-15(24(26)33)3-4-19(16)29-23(22)25)18-12-20-17(13-28-31(20)7-8-32)10-21(18)30-6-2-5-27-30/h2-6,9-14,32H,7-8H2,1H3,(H2,25,29)(H2,26,33)/t14-/m0/s1. The minimum absolute atomic E-state index is 0.0222. The highest BCUT2D eigenvalue weighted by molar-refractivity contribution is 5.97. The summed E-state index contributed by atoms with van der Waals surface area (Å²) < 4.78 is 9.79. The maximum absolute atomic E-state index is 11.6. The van der Waals surface area contributed by atoms with E-state index in [1.807, 2.05) is 31.3 Å². The van der Waals surface area contributed by atoms with Crippen LogP contribution in [0.1, 0.15) is 28.9 Å². The zero-order chi connectivity index (χ0) is 23.8. The van der Waals surface area contributed by atoms with Crippen LogP contribution in [0.4, 0.5) is 5.82 Å². The van der Waals surface area contributed by atoms with Gasteiger partial charge in [-0.15, -0.1) is 0 Å². The predicted octanol–water partition coefficient (Wildman–Crippen LogP) is 2.58. The van der Waals surface area contributed by atoms with Crippen LogP contribution in [0.5, 0.6) is 5.75 Å². The molecular weight excluding hydrogens is 434 g/mol. The van der Waals surface area contributed by atoms with Crippen molar-refractivity contribution in [1.82, 2.24) is 24.5 Å². The Morgan fingerprint density at radius 2 is 2.03 bits per heavy atom. The maximum atomic E-state index is 11.6. The number of aliphatic hydroxyl groups excluding tert-OH is 1. The van der Waals surface area contributed by atoms with E-state index in [1.54, 1.807) is 46.0 Å². The molecule has 2 aromatic carbocycles. The number of aliphatic hydroxyl groups is 1. The fraction of sp³-hybridized carbons (Fsp3) is 0.167. The van der Waals surface area contributed by atoms with Gasteiger partial charge in [-0.1, -0.05) is 0 Å². The van der Waals surface area contributed by atoms with Gasteiger partial charge in [-0.05, 0) is 49.4 Å². The lowest BCUT2D eigenvalue weighted by atomic mass is 10.1. The number of nitrogen functional groups attached to an aromatic ring is 1. The van der Waals surface area contributed by atoms with E-state index in [1.165, 1.54) is 0 Å². The number of benzene rings is 2. The minimum atomic E-state index is -0.522. The normalized spacial score (nSPS) is 12.3. The molecule has 0 spiro atoms. The van der Waals surface area contributed by atoms with Gasteiger partial charge in [0.1, 0.15) is 6.10 Å². The number of carbonyl (C=O) groups excluding carboxylic acids is 1. The van der Waals surface area contributed by atoms with Crippen molar-refractivity contribution in [1.29, 1.82) is 0 Å². The van der Waals surface area contributed by atoms with Crippen LogP contribution in [-0.4, -0.2) is 42.2 Å². The van der Waals surface area contributed by atoms with Gasteiger partial charge < -0.3 is 21.3 Å². The second-order valence-corrected chi connectivity index (χ2v) is 7.92. The molecule has 0 radical (unpaired) electrons. The van der Waals surface area contributed by atoms with Gasteiger partial charge in [0.25, 0.3) is 0 Å². The molecule has 172 valence electrons. The molecule has 0 saturated carbocycles. The second kappa shape index (κ2) is 8.49. The number of ether oxygens (including phenoxy) is 1. The molecule has 0 aliphatic rings. The van der Waals surface area contributed by atoms with E-state index >= 15 is 0 Å². The Bertz CT molecular complexity index is 1510. The zero-order valence-electron chi connectivity index (χ0n) is 18.4. The van der Waals surface area contributed by atoms with E-state index in [0.717, 1.165) is 22.2 Å². The van der Waals surface area contributed by atoms with Crippen LogP contribution in [0.2, 0.25) is 0 Å². The van der Waals surface area contributed by atoms with Gasteiger partial charge >= 0.3 is 0 Å². The number of amides is 1. The fourth-order valence-electron chi connectivity index (χ4n) is 4.01. The summed E-state index contributed by atoms with van der Waals surface area (Å²) in [5.74, 6) is 0.0985. The van der Waals surface area contributed by atoms with E-state index < -0.39 is 12.0 Å². The molecule has 5 N–H and O–H groups in total. The molecule has 3 aromatic heterocycles. The van der Waals surface area contributed by atoms with Gasteiger partial charge in [0.2, 0.25) is 5.91 Å². The first kappa shape index (κ1) is 21.4. The Balaban J connectivity index is 1.58. The summed E-state index contributed by atoms with van der Waals surface area (Å²) in [6, 6.07) is 12.5. The van der Waals surface area contributed by atoms with Crippen LogP contribution in [0.25, 0.3) is 27.5 Å². The molecule has 0 fully saturated rings. The van der Waals surface area contributed by atoms with Crippen LogP contribution < -0.4 is 16.2 Å². The topological polar surface area (TPSA) is 147 Å². The maximum Gasteiger partial charge on any atom is 0.248 e. The highest BCUT2D eigenvalue weighted by atomic mass is 16.5. The van der Waals surface area contributed by atoms with Gasteiger partial charge in [-0.2, -0.15) is 10.2 Å². The Morgan fingerprint density at radius 1 is 1.18 bits per heavy atom. The third-order valence-electron chi connectivity index (χ3n) is 5.69. The third kappa shape index (κ3) is 3.80. The van der Waals surface area contributed by atoms with Gasteiger partial charge in [0.05, 0.1) is 36.1 Å².